The molecule has 0 saturated carbocycles. The number of aromatic nitrogens is 3. The first-order valence-corrected chi connectivity index (χ1v) is 22.7. The average Bonchev–Trinajstić information content (AvgIpc) is 3.30. The molecule has 1 amide bonds. The number of amides is 1. The van der Waals surface area contributed by atoms with Crippen LogP contribution in [0.15, 0.2) is 127 Å². The van der Waals surface area contributed by atoms with E-state index in [0.29, 0.717) is 56.0 Å². The van der Waals surface area contributed by atoms with Gasteiger partial charge in [0, 0.05) is 49.6 Å². The molecule has 0 aliphatic heterocycles. The Labute approximate surface area is 363 Å². The van der Waals surface area contributed by atoms with Crippen LogP contribution >= 0.6 is 0 Å². The molecule has 0 radical (unpaired) electrons. The Morgan fingerprint density at radius 3 is 1.58 bits per heavy atom. The number of carbonyl (C=O) groups excluding carboxylic acids is 2. The van der Waals surface area contributed by atoms with Crippen LogP contribution in [0.5, 0.6) is 11.5 Å². The van der Waals surface area contributed by atoms with E-state index in [0.717, 1.165) is 33.4 Å². The van der Waals surface area contributed by atoms with Gasteiger partial charge in [-0.15, -0.1) is 0 Å². The molecule has 6 aromatic rings. The number of phenolic OH excluding ortho intramolecular Hbond substituents is 1. The monoisotopic (exact) mass is 856 g/mol. The summed E-state index contributed by atoms with van der Waals surface area (Å²) in [5.41, 5.74) is 6.18. The van der Waals surface area contributed by atoms with Gasteiger partial charge in [-0.2, -0.15) is 0 Å². The van der Waals surface area contributed by atoms with Crippen LogP contribution in [0.4, 0.5) is 4.79 Å². The van der Waals surface area contributed by atoms with Crippen molar-refractivity contribution in [2.75, 3.05) is 39.6 Å². The molecule has 6 rings (SSSR count). The van der Waals surface area contributed by atoms with Crippen LogP contribution in [-0.2, 0) is 27.5 Å². The summed E-state index contributed by atoms with van der Waals surface area (Å²) in [7, 11) is -2.80. The lowest BCUT2D eigenvalue weighted by Gasteiger charge is -2.28. The number of nitrogens with one attached hydrogen (secondary N) is 1. The third kappa shape index (κ3) is 12.3. The lowest BCUT2D eigenvalue weighted by atomic mass is 10.0. The number of rotatable bonds is 21. The van der Waals surface area contributed by atoms with Crippen molar-refractivity contribution in [1.29, 1.82) is 0 Å². The molecule has 13 nitrogen and oxygen atoms in total. The number of nitrogens with zero attached hydrogens (tertiary/aromatic N) is 3. The van der Waals surface area contributed by atoms with Crippen molar-refractivity contribution in [2.45, 2.75) is 46.3 Å². The van der Waals surface area contributed by atoms with Gasteiger partial charge in [-0.25, -0.2) is 24.5 Å². The van der Waals surface area contributed by atoms with E-state index in [4.69, 9.17) is 42.4 Å². The van der Waals surface area contributed by atoms with Crippen LogP contribution in [-0.4, -0.2) is 86.6 Å². The predicted octanol–water partition coefficient (Wildman–Crippen LogP) is 9.39. The van der Waals surface area contributed by atoms with E-state index in [1.807, 2.05) is 106 Å². The number of aromatic hydroxyl groups is 1. The van der Waals surface area contributed by atoms with E-state index >= 15 is 0 Å². The molecule has 62 heavy (non-hydrogen) atoms. The quantitative estimate of drug-likeness (QED) is 0.0402. The second-order valence-electron chi connectivity index (χ2n) is 13.9. The van der Waals surface area contributed by atoms with Gasteiger partial charge < -0.3 is 37.9 Å². The van der Waals surface area contributed by atoms with E-state index in [1.165, 1.54) is 13.0 Å². The molecule has 0 aliphatic carbocycles. The van der Waals surface area contributed by atoms with Crippen molar-refractivity contribution in [3.8, 4) is 67.9 Å². The second kappa shape index (κ2) is 22.4. The van der Waals surface area contributed by atoms with Crippen LogP contribution in [0.3, 0.4) is 0 Å². The normalized spacial score (nSPS) is 11.7. The number of benzene rings is 5. The maximum atomic E-state index is 12.8. The smallest absolute Gasteiger partial charge is 0.500 e. The zero-order valence-electron chi connectivity index (χ0n) is 35.4. The molecule has 14 heteroatoms. The van der Waals surface area contributed by atoms with E-state index in [9.17, 15) is 14.7 Å². The molecule has 1 aromatic heterocycles. The van der Waals surface area contributed by atoms with Crippen molar-refractivity contribution in [3.63, 3.8) is 0 Å². The summed E-state index contributed by atoms with van der Waals surface area (Å²) >= 11 is 0. The van der Waals surface area contributed by atoms with Gasteiger partial charge in [0.25, 0.3) is 0 Å². The van der Waals surface area contributed by atoms with Gasteiger partial charge in [0.1, 0.15) is 24.7 Å². The number of phenols is 1. The molecule has 0 aliphatic rings. The van der Waals surface area contributed by atoms with Crippen molar-refractivity contribution < 1.29 is 42.2 Å². The minimum atomic E-state index is -2.80. The Balaban J connectivity index is 1.08. The van der Waals surface area contributed by atoms with E-state index in [1.54, 1.807) is 12.1 Å². The molecule has 0 bridgehead atoms. The van der Waals surface area contributed by atoms with Crippen LogP contribution in [0, 0.1) is 0 Å². The fourth-order valence-electron chi connectivity index (χ4n) is 6.61. The van der Waals surface area contributed by atoms with Crippen molar-refractivity contribution in [1.82, 2.24) is 20.3 Å². The van der Waals surface area contributed by atoms with Gasteiger partial charge in [0.05, 0.1) is 5.56 Å². The highest BCUT2D eigenvalue weighted by Crippen LogP contribution is 2.34. The van der Waals surface area contributed by atoms with E-state index in [2.05, 4.69) is 29.6 Å². The number of hydrogen-bond donors (Lipinski definition) is 2. The summed E-state index contributed by atoms with van der Waals surface area (Å²) in [5.74, 6) is 0.495. The number of ether oxygens (including phenoxy) is 3. The third-order valence-electron chi connectivity index (χ3n) is 9.57. The van der Waals surface area contributed by atoms with Gasteiger partial charge in [-0.3, -0.25) is 0 Å². The molecule has 1 heterocycles. The lowest BCUT2D eigenvalue weighted by Crippen LogP contribution is -2.46. The summed E-state index contributed by atoms with van der Waals surface area (Å²) < 4.78 is 33.8. The number of hydrogen-bond acceptors (Lipinski definition) is 12. The minimum absolute atomic E-state index is 0.153. The van der Waals surface area contributed by atoms with E-state index in [-0.39, 0.29) is 30.5 Å². The van der Waals surface area contributed by atoms with Crippen LogP contribution in [0.25, 0.3) is 56.4 Å². The molecule has 2 N–H and O–H groups in total. The fraction of sp³-hybridized carbons (Fsp3) is 0.271. The summed E-state index contributed by atoms with van der Waals surface area (Å²) in [6.07, 6.45) is -1.10. The largest absolute Gasteiger partial charge is 0.507 e. The first-order valence-electron chi connectivity index (χ1n) is 20.8. The van der Waals surface area contributed by atoms with Gasteiger partial charge >= 0.3 is 20.9 Å². The minimum Gasteiger partial charge on any atom is -0.507 e. The van der Waals surface area contributed by atoms with Crippen LogP contribution in [0.1, 0.15) is 34.1 Å². The summed E-state index contributed by atoms with van der Waals surface area (Å²) in [6, 6.07) is 41.3. The van der Waals surface area contributed by atoms with Gasteiger partial charge in [-0.1, -0.05) is 109 Å². The highest BCUT2D eigenvalue weighted by Gasteiger charge is 2.39. The molecule has 0 saturated heterocycles. The van der Waals surface area contributed by atoms with Crippen LogP contribution < -0.4 is 10.1 Å². The topological polar surface area (TPSA) is 160 Å². The van der Waals surface area contributed by atoms with Crippen molar-refractivity contribution in [2.24, 2.45) is 0 Å². The maximum Gasteiger partial charge on any atom is 0.500 e. The zero-order chi connectivity index (χ0) is 43.7. The standard InChI is InChI=1S/C48H52N4O9Si/c1-5-58-62(59-6-2,60-7-3)32-14-29-49-48(55)57-31-30-56-47(54)34(4)61-41-27-28-42(43(53)33-41)46-51-44(39-23-19-37(20-24-39)35-15-10-8-11-16-35)50-45(52-46)40-25-21-38(22-26-40)36-17-12-9-13-18-36/h8-13,15-28,33-34,53H,5-7,14,29-32H2,1-4H3,(H,49,55). The maximum absolute atomic E-state index is 12.8. The highest BCUT2D eigenvalue weighted by atomic mass is 28.4. The SMILES string of the molecule is CCO[Si](CCCNC(=O)OCCOC(=O)C(C)Oc1ccc(-c2nc(-c3ccc(-c4ccccc4)cc3)nc(-c3ccc(-c4ccccc4)cc3)n2)c(O)c1)(OCC)OCC. The van der Waals surface area contributed by atoms with Gasteiger partial charge in [-0.05, 0) is 68.5 Å². The first-order chi connectivity index (χ1) is 30.2. The molecule has 1 atom stereocenters. The Bertz CT molecular complexity index is 2230. The fourth-order valence-corrected chi connectivity index (χ4v) is 9.22. The van der Waals surface area contributed by atoms with Crippen molar-refractivity contribution >= 4 is 20.9 Å². The highest BCUT2D eigenvalue weighted by molar-refractivity contribution is 6.60. The molecular weight excluding hydrogens is 805 g/mol. The van der Waals surface area contributed by atoms with Gasteiger partial charge in [0.2, 0.25) is 0 Å². The first kappa shape index (κ1) is 45.1. The summed E-state index contributed by atoms with van der Waals surface area (Å²) in [5, 5.41) is 14.0. The Kier molecular flexibility index (Phi) is 16.3. The second-order valence-corrected chi connectivity index (χ2v) is 16.7. The summed E-state index contributed by atoms with van der Waals surface area (Å²) in [4.78, 5) is 39.4. The third-order valence-corrected chi connectivity index (χ3v) is 12.7. The molecule has 322 valence electrons. The molecule has 0 fully saturated rings. The number of alkyl carbamates (subject to hydrolysis) is 1. The van der Waals surface area contributed by atoms with Crippen molar-refractivity contribution in [3.05, 3.63) is 127 Å². The molecule has 5 aromatic carbocycles. The van der Waals surface area contributed by atoms with E-state index < -0.39 is 27.0 Å². The molecule has 1 unspecified atom stereocenters. The molecular formula is C48H52N4O9Si. The number of esters is 1. The predicted molar refractivity (Wildman–Crippen MR) is 239 cm³/mol. The zero-order valence-corrected chi connectivity index (χ0v) is 36.4. The molecule has 0 spiro atoms. The summed E-state index contributed by atoms with van der Waals surface area (Å²) in [6.45, 7) is 8.62. The van der Waals surface area contributed by atoms with Crippen LogP contribution in [0.2, 0.25) is 6.04 Å². The average molecular weight is 857 g/mol. The Morgan fingerprint density at radius 2 is 1.08 bits per heavy atom. The lowest BCUT2D eigenvalue weighted by molar-refractivity contribution is -0.152. The Morgan fingerprint density at radius 1 is 0.613 bits per heavy atom. The number of carbonyl (C=O) groups is 2. The Hall–Kier alpha value is -6.45. The van der Waals surface area contributed by atoms with Gasteiger partial charge in [0.15, 0.2) is 23.6 Å².